The van der Waals surface area contributed by atoms with Crippen LogP contribution in [0.2, 0.25) is 0 Å². The Morgan fingerprint density at radius 3 is 2.87 bits per heavy atom. The molecule has 2 aliphatic rings. The number of nitrogens with zero attached hydrogens (tertiary/aromatic N) is 1. The fourth-order valence-electron chi connectivity index (χ4n) is 2.76. The number of ketones is 1. The summed E-state index contributed by atoms with van der Waals surface area (Å²) in [5, 5.41) is 0. The summed E-state index contributed by atoms with van der Waals surface area (Å²) in [6, 6.07) is 0.202. The van der Waals surface area contributed by atoms with Crippen molar-refractivity contribution >= 4 is 5.78 Å². The van der Waals surface area contributed by atoms with Crippen LogP contribution in [0.4, 0.5) is 0 Å². The van der Waals surface area contributed by atoms with Gasteiger partial charge < -0.3 is 4.74 Å². The molecule has 0 bridgehead atoms. The van der Waals surface area contributed by atoms with Gasteiger partial charge in [-0.05, 0) is 19.3 Å². The van der Waals surface area contributed by atoms with Crippen LogP contribution in [-0.4, -0.2) is 43.0 Å². The maximum absolute atomic E-state index is 11.9. The number of carbonyl (C=O) groups excluding carboxylic acids is 1. The van der Waals surface area contributed by atoms with Crippen LogP contribution in [0.1, 0.15) is 38.5 Å². The normalized spacial score (nSPS) is 34.3. The first kappa shape index (κ1) is 11.1. The number of likely N-dealkylation sites (tertiary alicyclic amines) is 1. The number of rotatable bonds is 2. The van der Waals surface area contributed by atoms with E-state index < -0.39 is 0 Å². The molecule has 3 nitrogen and oxygen atoms in total. The highest BCUT2D eigenvalue weighted by atomic mass is 16.5. The molecule has 0 aromatic heterocycles. The molecule has 1 aliphatic heterocycles. The van der Waals surface area contributed by atoms with Crippen molar-refractivity contribution in [2.45, 2.75) is 50.7 Å². The van der Waals surface area contributed by atoms with Crippen LogP contribution in [0.25, 0.3) is 0 Å². The van der Waals surface area contributed by atoms with Crippen LogP contribution in [0.5, 0.6) is 0 Å². The van der Waals surface area contributed by atoms with E-state index >= 15 is 0 Å². The molecule has 0 N–H and O–H groups in total. The van der Waals surface area contributed by atoms with E-state index in [4.69, 9.17) is 4.74 Å². The fraction of sp³-hybridized carbons (Fsp3) is 0.917. The van der Waals surface area contributed by atoms with Crippen LogP contribution in [0.3, 0.4) is 0 Å². The molecule has 2 unspecified atom stereocenters. The van der Waals surface area contributed by atoms with Gasteiger partial charge in [-0.2, -0.15) is 0 Å². The summed E-state index contributed by atoms with van der Waals surface area (Å²) in [5.41, 5.74) is 0. The zero-order chi connectivity index (χ0) is 10.7. The average Bonchev–Trinajstić information content (AvgIpc) is 2.62. The SMILES string of the molecule is COC1CCN(C2CCCCCC2=O)C1. The first-order valence-electron chi connectivity index (χ1n) is 6.11. The standard InChI is InChI=1S/C12H21NO2/c1-15-10-7-8-13(9-10)11-5-3-2-4-6-12(11)14/h10-11H,2-9H2,1H3. The minimum absolute atomic E-state index is 0.202. The number of Topliss-reactive ketones (excluding diaryl/α,β-unsaturated/α-hetero) is 1. The van der Waals surface area contributed by atoms with Crippen molar-refractivity contribution in [2.75, 3.05) is 20.2 Å². The lowest BCUT2D eigenvalue weighted by molar-refractivity contribution is -0.123. The van der Waals surface area contributed by atoms with Gasteiger partial charge in [0.05, 0.1) is 12.1 Å². The summed E-state index contributed by atoms with van der Waals surface area (Å²) >= 11 is 0. The second kappa shape index (κ2) is 5.08. The van der Waals surface area contributed by atoms with Gasteiger partial charge in [0.1, 0.15) is 5.78 Å². The highest BCUT2D eigenvalue weighted by Crippen LogP contribution is 2.23. The third-order valence-corrected chi connectivity index (χ3v) is 3.72. The quantitative estimate of drug-likeness (QED) is 0.650. The summed E-state index contributed by atoms with van der Waals surface area (Å²) in [7, 11) is 1.77. The molecular formula is C12H21NO2. The van der Waals surface area contributed by atoms with Crippen molar-refractivity contribution in [3.8, 4) is 0 Å². The molecule has 1 heterocycles. The molecule has 2 rings (SSSR count). The minimum Gasteiger partial charge on any atom is -0.380 e. The van der Waals surface area contributed by atoms with Crippen molar-refractivity contribution in [3.05, 3.63) is 0 Å². The van der Waals surface area contributed by atoms with Crippen LogP contribution < -0.4 is 0 Å². The van der Waals surface area contributed by atoms with E-state index in [0.29, 0.717) is 11.9 Å². The van der Waals surface area contributed by atoms with E-state index in [1.54, 1.807) is 7.11 Å². The minimum atomic E-state index is 0.202. The first-order valence-corrected chi connectivity index (χ1v) is 6.11. The first-order chi connectivity index (χ1) is 7.31. The Hall–Kier alpha value is -0.410. The summed E-state index contributed by atoms with van der Waals surface area (Å²) in [6.45, 7) is 1.99. The van der Waals surface area contributed by atoms with E-state index in [9.17, 15) is 4.79 Å². The van der Waals surface area contributed by atoms with Gasteiger partial charge in [0.25, 0.3) is 0 Å². The summed E-state index contributed by atoms with van der Waals surface area (Å²) in [4.78, 5) is 14.2. The van der Waals surface area contributed by atoms with Gasteiger partial charge in [-0.3, -0.25) is 9.69 Å². The molecule has 0 amide bonds. The molecule has 0 spiro atoms. The van der Waals surface area contributed by atoms with E-state index in [1.807, 2.05) is 0 Å². The van der Waals surface area contributed by atoms with E-state index in [-0.39, 0.29) is 6.04 Å². The lowest BCUT2D eigenvalue weighted by atomic mass is 10.1. The molecule has 0 aromatic rings. The number of hydrogen-bond donors (Lipinski definition) is 0. The molecular weight excluding hydrogens is 190 g/mol. The summed E-state index contributed by atoms with van der Waals surface area (Å²) in [6.07, 6.45) is 6.82. The Balaban J connectivity index is 1.93. The predicted molar refractivity (Wildman–Crippen MR) is 58.9 cm³/mol. The lowest BCUT2D eigenvalue weighted by Crippen LogP contribution is -2.39. The van der Waals surface area contributed by atoms with Crippen LogP contribution >= 0.6 is 0 Å². The van der Waals surface area contributed by atoms with Gasteiger partial charge in [-0.15, -0.1) is 0 Å². The molecule has 1 aliphatic carbocycles. The Kier molecular flexibility index (Phi) is 3.76. The third-order valence-electron chi connectivity index (χ3n) is 3.72. The molecule has 0 radical (unpaired) electrons. The van der Waals surface area contributed by atoms with Crippen LogP contribution in [0, 0.1) is 0 Å². The van der Waals surface area contributed by atoms with Gasteiger partial charge in [-0.1, -0.05) is 12.8 Å². The van der Waals surface area contributed by atoms with E-state index in [1.165, 1.54) is 12.8 Å². The lowest BCUT2D eigenvalue weighted by Gasteiger charge is -2.25. The van der Waals surface area contributed by atoms with Crippen molar-refractivity contribution in [3.63, 3.8) is 0 Å². The monoisotopic (exact) mass is 211 g/mol. The topological polar surface area (TPSA) is 29.5 Å². The molecule has 1 saturated carbocycles. The zero-order valence-electron chi connectivity index (χ0n) is 9.58. The summed E-state index contributed by atoms with van der Waals surface area (Å²) in [5.74, 6) is 0.462. The zero-order valence-corrected chi connectivity index (χ0v) is 9.58. The van der Waals surface area contributed by atoms with E-state index in [2.05, 4.69) is 4.90 Å². The van der Waals surface area contributed by atoms with Gasteiger partial charge in [0.15, 0.2) is 0 Å². The Bertz CT molecular complexity index is 230. The third kappa shape index (κ3) is 2.58. The fourth-order valence-corrected chi connectivity index (χ4v) is 2.76. The second-order valence-corrected chi connectivity index (χ2v) is 4.72. The average molecular weight is 211 g/mol. The number of ether oxygens (including phenoxy) is 1. The van der Waals surface area contributed by atoms with Gasteiger partial charge in [0.2, 0.25) is 0 Å². The Morgan fingerprint density at radius 2 is 2.13 bits per heavy atom. The highest BCUT2D eigenvalue weighted by Gasteiger charge is 2.32. The van der Waals surface area contributed by atoms with Gasteiger partial charge in [0, 0.05) is 26.6 Å². The molecule has 15 heavy (non-hydrogen) atoms. The van der Waals surface area contributed by atoms with Crippen molar-refractivity contribution in [1.29, 1.82) is 0 Å². The largest absolute Gasteiger partial charge is 0.380 e. The smallest absolute Gasteiger partial charge is 0.149 e. The maximum atomic E-state index is 11.9. The molecule has 2 atom stereocenters. The molecule has 86 valence electrons. The van der Waals surface area contributed by atoms with Crippen LogP contribution in [-0.2, 0) is 9.53 Å². The predicted octanol–water partition coefficient (Wildman–Crippen LogP) is 1.61. The highest BCUT2D eigenvalue weighted by molar-refractivity contribution is 5.84. The van der Waals surface area contributed by atoms with E-state index in [0.717, 1.165) is 38.8 Å². The second-order valence-electron chi connectivity index (χ2n) is 4.72. The van der Waals surface area contributed by atoms with Crippen molar-refractivity contribution < 1.29 is 9.53 Å². The Labute approximate surface area is 91.8 Å². The van der Waals surface area contributed by atoms with Crippen molar-refractivity contribution in [2.24, 2.45) is 0 Å². The summed E-state index contributed by atoms with van der Waals surface area (Å²) < 4.78 is 5.35. The maximum Gasteiger partial charge on any atom is 0.149 e. The molecule has 3 heteroatoms. The molecule has 0 aromatic carbocycles. The molecule has 2 fully saturated rings. The van der Waals surface area contributed by atoms with Crippen molar-refractivity contribution in [1.82, 2.24) is 4.90 Å². The van der Waals surface area contributed by atoms with Crippen LogP contribution in [0.15, 0.2) is 0 Å². The van der Waals surface area contributed by atoms with Gasteiger partial charge in [-0.25, -0.2) is 0 Å². The molecule has 1 saturated heterocycles. The number of hydrogen-bond acceptors (Lipinski definition) is 3. The number of methoxy groups -OCH3 is 1. The Morgan fingerprint density at radius 1 is 1.27 bits per heavy atom. The number of carbonyl (C=O) groups is 1. The van der Waals surface area contributed by atoms with Gasteiger partial charge >= 0.3 is 0 Å².